The van der Waals surface area contributed by atoms with Crippen LogP contribution in [-0.2, 0) is 20.7 Å². The minimum absolute atomic E-state index is 0.0439. The zero-order valence-electron chi connectivity index (χ0n) is 16.7. The molecule has 0 fully saturated rings. The number of benzene rings is 2. The normalized spacial score (nSPS) is 11.7. The molecule has 0 aliphatic rings. The van der Waals surface area contributed by atoms with Gasteiger partial charge in [-0.2, -0.15) is 0 Å². The van der Waals surface area contributed by atoms with Gasteiger partial charge in [-0.1, -0.05) is 35.9 Å². The van der Waals surface area contributed by atoms with Gasteiger partial charge < -0.3 is 14.1 Å². The second-order valence-corrected chi connectivity index (χ2v) is 6.73. The first kappa shape index (κ1) is 20.3. The Labute approximate surface area is 169 Å². The predicted octanol–water partition coefficient (Wildman–Crippen LogP) is 3.57. The van der Waals surface area contributed by atoms with Gasteiger partial charge in [-0.15, -0.1) is 10.2 Å². The van der Waals surface area contributed by atoms with Gasteiger partial charge in [0.25, 0.3) is 5.91 Å². The van der Waals surface area contributed by atoms with Gasteiger partial charge in [-0.3, -0.25) is 9.59 Å². The van der Waals surface area contributed by atoms with E-state index in [0.29, 0.717) is 11.8 Å². The fourth-order valence-electron chi connectivity index (χ4n) is 2.73. The Morgan fingerprint density at radius 3 is 2.45 bits per heavy atom. The largest absolute Gasteiger partial charge is 0.453 e. The van der Waals surface area contributed by atoms with Crippen LogP contribution < -0.4 is 4.90 Å². The SMILES string of the molecule is Cc1ccc(-c2nnc(CCC(=O)OC(C)C(=O)N(C)c3ccccc3)o2)cc1. The van der Waals surface area contributed by atoms with E-state index >= 15 is 0 Å². The summed E-state index contributed by atoms with van der Waals surface area (Å²) in [7, 11) is 1.65. The first-order chi connectivity index (χ1) is 13.9. The standard InChI is InChI=1S/C22H23N3O4/c1-15-9-11-17(12-10-15)21-24-23-19(29-21)13-14-20(26)28-16(2)22(27)25(3)18-7-5-4-6-8-18/h4-12,16H,13-14H2,1-3H3. The quantitative estimate of drug-likeness (QED) is 0.571. The molecule has 3 rings (SSSR count). The van der Waals surface area contributed by atoms with Crippen LogP contribution in [0.25, 0.3) is 11.5 Å². The lowest BCUT2D eigenvalue weighted by atomic mass is 10.1. The Bertz CT molecular complexity index is 967. The van der Waals surface area contributed by atoms with Crippen molar-refractivity contribution in [2.75, 3.05) is 11.9 Å². The zero-order chi connectivity index (χ0) is 20.8. The first-order valence-electron chi connectivity index (χ1n) is 9.35. The van der Waals surface area contributed by atoms with E-state index in [1.165, 1.54) is 4.90 Å². The van der Waals surface area contributed by atoms with Gasteiger partial charge >= 0.3 is 5.97 Å². The molecule has 0 saturated carbocycles. The number of likely N-dealkylation sites (N-methyl/N-ethyl adjacent to an activating group) is 1. The van der Waals surface area contributed by atoms with E-state index in [4.69, 9.17) is 9.15 Å². The molecule has 7 heteroatoms. The van der Waals surface area contributed by atoms with Crippen LogP contribution in [0.4, 0.5) is 5.69 Å². The maximum Gasteiger partial charge on any atom is 0.307 e. The van der Waals surface area contributed by atoms with Crippen molar-refractivity contribution in [2.45, 2.75) is 32.8 Å². The first-order valence-corrected chi connectivity index (χ1v) is 9.35. The molecule has 1 aromatic heterocycles. The number of ether oxygens (including phenoxy) is 1. The predicted molar refractivity (Wildman–Crippen MR) is 108 cm³/mol. The van der Waals surface area contributed by atoms with Crippen molar-refractivity contribution in [3.8, 4) is 11.5 Å². The third-order valence-electron chi connectivity index (χ3n) is 4.44. The monoisotopic (exact) mass is 393 g/mol. The van der Waals surface area contributed by atoms with Crippen LogP contribution in [0.2, 0.25) is 0 Å². The average molecular weight is 393 g/mol. The number of aryl methyl sites for hydroxylation is 2. The van der Waals surface area contributed by atoms with Crippen molar-refractivity contribution in [3.63, 3.8) is 0 Å². The number of carbonyl (C=O) groups excluding carboxylic acids is 2. The van der Waals surface area contributed by atoms with E-state index in [0.717, 1.165) is 16.8 Å². The molecule has 29 heavy (non-hydrogen) atoms. The summed E-state index contributed by atoms with van der Waals surface area (Å²) in [5, 5.41) is 7.98. The van der Waals surface area contributed by atoms with Gasteiger partial charge in [0.1, 0.15) is 0 Å². The second-order valence-electron chi connectivity index (χ2n) is 6.73. The highest BCUT2D eigenvalue weighted by molar-refractivity contribution is 5.96. The number of hydrogen-bond acceptors (Lipinski definition) is 6. The van der Waals surface area contributed by atoms with Gasteiger partial charge in [0.15, 0.2) is 6.10 Å². The number of carbonyl (C=O) groups is 2. The number of esters is 1. The van der Waals surface area contributed by atoms with Crippen molar-refractivity contribution in [1.29, 1.82) is 0 Å². The molecular formula is C22H23N3O4. The molecule has 1 heterocycles. The zero-order valence-corrected chi connectivity index (χ0v) is 16.7. The molecule has 150 valence electrons. The summed E-state index contributed by atoms with van der Waals surface area (Å²) in [4.78, 5) is 26.0. The summed E-state index contributed by atoms with van der Waals surface area (Å²) in [5.41, 5.74) is 2.69. The lowest BCUT2D eigenvalue weighted by Crippen LogP contribution is -2.37. The highest BCUT2D eigenvalue weighted by Gasteiger charge is 2.22. The molecular weight excluding hydrogens is 370 g/mol. The number of rotatable bonds is 7. The maximum atomic E-state index is 12.4. The van der Waals surface area contributed by atoms with Gasteiger partial charge in [-0.05, 0) is 38.1 Å². The van der Waals surface area contributed by atoms with Crippen molar-refractivity contribution < 1.29 is 18.7 Å². The number of aromatic nitrogens is 2. The Hall–Kier alpha value is -3.48. The van der Waals surface area contributed by atoms with Crippen molar-refractivity contribution in [3.05, 3.63) is 66.1 Å². The molecule has 0 saturated heterocycles. The van der Waals surface area contributed by atoms with Crippen molar-refractivity contribution >= 4 is 17.6 Å². The van der Waals surface area contributed by atoms with E-state index in [1.807, 2.05) is 61.5 Å². The molecule has 1 atom stereocenters. The average Bonchev–Trinajstić information content (AvgIpc) is 3.21. The summed E-state index contributed by atoms with van der Waals surface area (Å²) in [6.45, 7) is 3.56. The Morgan fingerprint density at radius 2 is 1.76 bits per heavy atom. The van der Waals surface area contributed by atoms with E-state index < -0.39 is 12.1 Å². The topological polar surface area (TPSA) is 85.5 Å². The van der Waals surface area contributed by atoms with Crippen LogP contribution >= 0.6 is 0 Å². The number of para-hydroxylation sites is 1. The van der Waals surface area contributed by atoms with Gasteiger partial charge in [0.05, 0.1) is 6.42 Å². The molecule has 3 aromatic rings. The summed E-state index contributed by atoms with van der Waals surface area (Å²) in [5.74, 6) is -0.0503. The third-order valence-corrected chi connectivity index (χ3v) is 4.44. The van der Waals surface area contributed by atoms with Crippen LogP contribution in [0.1, 0.15) is 24.8 Å². The summed E-state index contributed by atoms with van der Waals surface area (Å²) in [6, 6.07) is 16.9. The lowest BCUT2D eigenvalue weighted by Gasteiger charge is -2.21. The highest BCUT2D eigenvalue weighted by atomic mass is 16.5. The van der Waals surface area contributed by atoms with Crippen LogP contribution in [-0.4, -0.2) is 35.2 Å². The lowest BCUT2D eigenvalue weighted by molar-refractivity contribution is -0.153. The molecule has 2 aromatic carbocycles. The molecule has 0 radical (unpaired) electrons. The van der Waals surface area contributed by atoms with Gasteiger partial charge in [-0.25, -0.2) is 0 Å². The fraction of sp³-hybridized carbons (Fsp3) is 0.273. The van der Waals surface area contributed by atoms with Crippen LogP contribution in [0.15, 0.2) is 59.0 Å². The van der Waals surface area contributed by atoms with Crippen LogP contribution in [0.3, 0.4) is 0 Å². The van der Waals surface area contributed by atoms with Crippen LogP contribution in [0.5, 0.6) is 0 Å². The molecule has 0 bridgehead atoms. The molecule has 0 spiro atoms. The smallest absolute Gasteiger partial charge is 0.307 e. The Balaban J connectivity index is 1.51. The molecule has 0 aliphatic carbocycles. The fourth-order valence-corrected chi connectivity index (χ4v) is 2.73. The van der Waals surface area contributed by atoms with Gasteiger partial charge in [0, 0.05) is 24.7 Å². The van der Waals surface area contributed by atoms with Crippen molar-refractivity contribution in [2.24, 2.45) is 0 Å². The molecule has 1 unspecified atom stereocenters. The highest BCUT2D eigenvalue weighted by Crippen LogP contribution is 2.19. The summed E-state index contributed by atoms with van der Waals surface area (Å²) in [6.07, 6.45) is -0.603. The van der Waals surface area contributed by atoms with E-state index in [-0.39, 0.29) is 18.7 Å². The molecule has 7 nitrogen and oxygen atoms in total. The number of hydrogen-bond donors (Lipinski definition) is 0. The molecule has 1 amide bonds. The Morgan fingerprint density at radius 1 is 1.07 bits per heavy atom. The number of anilines is 1. The minimum atomic E-state index is -0.890. The molecule has 0 N–H and O–H groups in total. The van der Waals surface area contributed by atoms with Crippen LogP contribution in [0, 0.1) is 6.92 Å². The Kier molecular flexibility index (Phi) is 6.39. The maximum absolute atomic E-state index is 12.4. The van der Waals surface area contributed by atoms with E-state index in [9.17, 15) is 9.59 Å². The number of nitrogens with zero attached hydrogens (tertiary/aromatic N) is 3. The van der Waals surface area contributed by atoms with E-state index in [1.54, 1.807) is 14.0 Å². The van der Waals surface area contributed by atoms with Crippen molar-refractivity contribution in [1.82, 2.24) is 10.2 Å². The van der Waals surface area contributed by atoms with Gasteiger partial charge in [0.2, 0.25) is 11.8 Å². The molecule has 0 aliphatic heterocycles. The number of amides is 1. The third kappa shape index (κ3) is 5.28. The summed E-state index contributed by atoms with van der Waals surface area (Å²) < 4.78 is 10.9. The van der Waals surface area contributed by atoms with E-state index in [2.05, 4.69) is 10.2 Å². The summed E-state index contributed by atoms with van der Waals surface area (Å²) >= 11 is 0. The minimum Gasteiger partial charge on any atom is -0.453 e. The second kappa shape index (κ2) is 9.14.